The number of benzene rings is 6. The van der Waals surface area contributed by atoms with E-state index in [2.05, 4.69) is 147 Å². The summed E-state index contributed by atoms with van der Waals surface area (Å²) in [4.78, 5) is 61.7. The van der Waals surface area contributed by atoms with Gasteiger partial charge >= 0.3 is 18.3 Å². The summed E-state index contributed by atoms with van der Waals surface area (Å²) < 4.78 is 20.8. The van der Waals surface area contributed by atoms with E-state index in [1.165, 1.54) is 12.8 Å². The summed E-state index contributed by atoms with van der Waals surface area (Å²) in [5.41, 5.74) is 13.9. The van der Waals surface area contributed by atoms with Crippen molar-refractivity contribution in [1.29, 1.82) is 0 Å². The van der Waals surface area contributed by atoms with E-state index in [9.17, 15) is 9.59 Å². The maximum atomic E-state index is 12.7. The molecule has 7 heterocycles. The Kier molecular flexibility index (Phi) is 25.6. The predicted molar refractivity (Wildman–Crippen MR) is 393 cm³/mol. The van der Waals surface area contributed by atoms with E-state index in [0.29, 0.717) is 6.10 Å². The standard InChI is InChI=1S/2C35H33N5O2.C5H10O.C2H6.CO2.2CH4.CH3.Pd/c2*1-34(2,3)42-33(41)39-35(20-10-21-35)25-18-16-24(17-19-25)30-29(23-11-5-4-6-12-23)38-32-26-13-7-8-14-27(26)37-31-28(40(30)32)15-9-22-36-31;1-5-3-2-4-6-5;1-2;2-1-3;;;;/h2*4-9,11-19,22H,10,20-21H2,1-3H3,(H,36,37)(H,39,41);5H,2-4H2,1H3;1-2H3;;2*1H4;1H3;/q;;;;;;;-1;. The van der Waals surface area contributed by atoms with E-state index >= 15 is 0 Å². The Balaban J connectivity index is 0.000000234. The number of para-hydroxylation sites is 2. The number of anilines is 4. The van der Waals surface area contributed by atoms with Crippen LogP contribution >= 0.6 is 0 Å². The molecule has 2 amide bonds. The van der Waals surface area contributed by atoms with Crippen molar-refractivity contribution in [2.75, 3.05) is 17.2 Å². The van der Waals surface area contributed by atoms with Gasteiger partial charge in [-0.3, -0.25) is 9.13 Å². The van der Waals surface area contributed by atoms with Gasteiger partial charge in [-0.15, -0.1) is 0 Å². The van der Waals surface area contributed by atoms with Crippen molar-refractivity contribution in [3.8, 4) is 79.2 Å². The zero-order chi connectivity index (χ0) is 66.9. The van der Waals surface area contributed by atoms with E-state index < -0.39 is 22.3 Å². The summed E-state index contributed by atoms with van der Waals surface area (Å²) in [6, 6.07) is 62.2. The molecule has 2 aliphatic carbocycles. The summed E-state index contributed by atoms with van der Waals surface area (Å²) >= 11 is 0. The van der Waals surface area contributed by atoms with Gasteiger partial charge in [0.05, 0.1) is 62.7 Å². The zero-order valence-corrected chi connectivity index (χ0v) is 58.3. The number of imidazole rings is 2. The van der Waals surface area contributed by atoms with E-state index in [0.717, 1.165) is 158 Å². The maximum absolute atomic E-state index is 12.7. The number of carbonyl (C=O) groups excluding carboxylic acids is 4. The Morgan fingerprint density at radius 1 is 0.525 bits per heavy atom. The van der Waals surface area contributed by atoms with Crippen LogP contribution in [0.5, 0.6) is 0 Å². The molecule has 3 fully saturated rings. The van der Waals surface area contributed by atoms with Crippen molar-refractivity contribution in [2.24, 2.45) is 0 Å². The third kappa shape index (κ3) is 16.8. The summed E-state index contributed by atoms with van der Waals surface area (Å²) in [6.07, 6.45) is 11.8. The average Bonchev–Trinajstić information content (AvgIpc) is 1.59. The molecular weight excluding hydrogens is 1330 g/mol. The van der Waals surface area contributed by atoms with Gasteiger partial charge in [0, 0.05) is 72.8 Å². The van der Waals surface area contributed by atoms with Crippen LogP contribution in [0.2, 0.25) is 0 Å². The Bertz CT molecular complexity index is 4080. The number of pyridine rings is 2. The number of rotatable bonds is 8. The molecule has 0 radical (unpaired) electrons. The summed E-state index contributed by atoms with van der Waals surface area (Å²) in [7, 11) is 0. The minimum Gasteiger partial charge on any atom is -0.444 e. The van der Waals surface area contributed by atoms with Crippen molar-refractivity contribution < 1.29 is 53.8 Å². The van der Waals surface area contributed by atoms with Gasteiger partial charge in [-0.25, -0.2) is 29.5 Å². The first-order valence-corrected chi connectivity index (χ1v) is 32.8. The molecule has 1 unspecified atom stereocenters. The number of alkyl carbamates (subject to hydrolysis) is 2. The van der Waals surface area contributed by atoms with Crippen molar-refractivity contribution in [1.82, 2.24) is 39.7 Å². The van der Waals surface area contributed by atoms with Gasteiger partial charge in [-0.1, -0.05) is 162 Å². The first kappa shape index (κ1) is 76.5. The third-order valence-corrected chi connectivity index (χ3v) is 17.2. The second kappa shape index (κ2) is 33.2. The van der Waals surface area contributed by atoms with Gasteiger partial charge in [0.25, 0.3) is 0 Å². The number of fused-ring (bicyclic) bond motifs is 10. The molecule has 4 aromatic heterocycles. The molecule has 10 aromatic rings. The number of nitrogens with zero attached hydrogens (tertiary/aromatic N) is 6. The number of hydrogen-bond donors (Lipinski definition) is 4. The molecule has 3 aliphatic heterocycles. The molecule has 6 aromatic carbocycles. The molecule has 15 rings (SSSR count). The van der Waals surface area contributed by atoms with Gasteiger partial charge in [0.15, 0.2) is 11.6 Å². The summed E-state index contributed by atoms with van der Waals surface area (Å²) in [5, 5.41) is 13.4. The number of nitrogens with one attached hydrogen (secondary N) is 4. The topological polar surface area (TPSA) is 206 Å². The summed E-state index contributed by atoms with van der Waals surface area (Å²) in [5.74, 6) is 3.25. The fourth-order valence-corrected chi connectivity index (χ4v) is 12.6. The largest absolute Gasteiger partial charge is 0.444 e. The molecule has 0 spiro atoms. The predicted octanol–water partition coefficient (Wildman–Crippen LogP) is 19.8. The molecule has 1 saturated heterocycles. The second-order valence-corrected chi connectivity index (χ2v) is 25.9. The second-order valence-electron chi connectivity index (χ2n) is 25.9. The van der Waals surface area contributed by atoms with Gasteiger partial charge in [-0.2, -0.15) is 9.59 Å². The maximum Gasteiger partial charge on any atom is 0.408 e. The monoisotopic (exact) mass is 1420 g/mol. The molecule has 1 atom stereocenters. The van der Waals surface area contributed by atoms with Crippen LogP contribution in [0.4, 0.5) is 32.6 Å². The molecule has 4 N–H and O–H groups in total. The van der Waals surface area contributed by atoms with Gasteiger partial charge in [-0.05, 0) is 159 Å². The molecule has 17 nitrogen and oxygen atoms in total. The number of hydrogen-bond acceptors (Lipinski definition) is 13. The number of aromatic nitrogens is 6. The van der Waals surface area contributed by atoms with Crippen LogP contribution in [0.1, 0.15) is 140 Å². The van der Waals surface area contributed by atoms with Crippen molar-refractivity contribution in [2.45, 2.75) is 157 Å². The number of ether oxygens (including phenoxy) is 3. The normalized spacial score (nSPS) is 14.7. The average molecular weight is 1430 g/mol. The molecule has 2 saturated carbocycles. The van der Waals surface area contributed by atoms with Crippen molar-refractivity contribution in [3.63, 3.8) is 0 Å². The Morgan fingerprint density at radius 3 is 1.20 bits per heavy atom. The van der Waals surface area contributed by atoms with Crippen LogP contribution in [0.15, 0.2) is 194 Å². The molecule has 520 valence electrons. The van der Waals surface area contributed by atoms with E-state index in [1.54, 1.807) is 12.4 Å². The van der Waals surface area contributed by atoms with Gasteiger partial charge in [0.1, 0.15) is 22.9 Å². The van der Waals surface area contributed by atoms with Crippen molar-refractivity contribution in [3.05, 3.63) is 213 Å². The Hall–Kier alpha value is -9.82. The van der Waals surface area contributed by atoms with Crippen LogP contribution in [-0.4, -0.2) is 71.3 Å². The van der Waals surface area contributed by atoms with E-state index in [4.69, 9.17) is 43.7 Å². The number of carbonyl (C=O) groups is 2. The SMILES string of the molecule is C.C.CC.CC(C)(C)OC(=O)NC1(c2ccc(-c3c(-c4ccccc4)nc4n3-c3cccnc3Nc3ccccc3-4)cc2)CCC1.CC(C)(C)OC(=O)NC1(c2ccc(-c3c(-c4ccccc4)nc4n3-c3cccnc3Nc3ccccc3-4)cc2)CCC1.CC1CCCO1.O=C=O.[CH3-].[Pd]. The fraction of sp³-hybridized carbons (Fsp3) is 0.309. The number of amides is 2. The van der Waals surface area contributed by atoms with E-state index in [1.807, 2.05) is 128 Å². The molecule has 5 aliphatic rings. The Morgan fingerprint density at radius 2 is 0.889 bits per heavy atom. The van der Waals surface area contributed by atoms with Crippen LogP contribution < -0.4 is 21.3 Å². The molecular formula is C81H93N10O7Pd-. The molecule has 18 heteroatoms. The quantitative estimate of drug-likeness (QED) is 0.0826. The minimum absolute atomic E-state index is 0. The first-order valence-electron chi connectivity index (χ1n) is 32.8. The van der Waals surface area contributed by atoms with Crippen LogP contribution in [-0.2, 0) is 55.3 Å². The smallest absolute Gasteiger partial charge is 0.408 e. The zero-order valence-electron chi connectivity index (χ0n) is 56.8. The van der Waals surface area contributed by atoms with E-state index in [-0.39, 0.29) is 61.0 Å². The van der Waals surface area contributed by atoms with Crippen molar-refractivity contribution >= 4 is 41.3 Å². The van der Waals surface area contributed by atoms with Gasteiger partial charge < -0.3 is 42.9 Å². The molecule has 0 bridgehead atoms. The molecule has 99 heavy (non-hydrogen) atoms. The Labute approximate surface area is 597 Å². The van der Waals surface area contributed by atoms with Crippen LogP contribution in [0.3, 0.4) is 0 Å². The summed E-state index contributed by atoms with van der Waals surface area (Å²) in [6.45, 7) is 18.4. The third-order valence-electron chi connectivity index (χ3n) is 17.2. The minimum atomic E-state index is -0.550. The van der Waals surface area contributed by atoms with Gasteiger partial charge in [0.2, 0.25) is 0 Å². The van der Waals surface area contributed by atoms with Crippen LogP contribution in [0.25, 0.3) is 79.2 Å². The van der Waals surface area contributed by atoms with Crippen LogP contribution in [0, 0.1) is 7.43 Å². The fourth-order valence-electron chi connectivity index (χ4n) is 12.6. The first-order chi connectivity index (χ1) is 45.9.